The maximum absolute atomic E-state index is 12.9. The van der Waals surface area contributed by atoms with Crippen LogP contribution in [0.3, 0.4) is 0 Å². The lowest BCUT2D eigenvalue weighted by Gasteiger charge is -2.06. The molecule has 0 spiro atoms. The summed E-state index contributed by atoms with van der Waals surface area (Å²) in [6, 6.07) is 9.05. The summed E-state index contributed by atoms with van der Waals surface area (Å²) in [5.41, 5.74) is 0.365. The summed E-state index contributed by atoms with van der Waals surface area (Å²) < 4.78 is 25.9. The van der Waals surface area contributed by atoms with Crippen molar-refractivity contribution < 1.29 is 13.6 Å². The van der Waals surface area contributed by atoms with Crippen LogP contribution in [0.5, 0.6) is 0 Å². The molecule has 2 nitrogen and oxygen atoms in total. The number of rotatable bonds is 2. The normalized spacial score (nSPS) is 10.2. The molecule has 0 aliphatic heterocycles. The van der Waals surface area contributed by atoms with Gasteiger partial charge < -0.3 is 5.32 Å². The molecular weight excluding hydrogens is 260 g/mol. The van der Waals surface area contributed by atoms with Crippen LogP contribution in [0.2, 0.25) is 5.02 Å². The Hall–Kier alpha value is -1.94. The smallest absolute Gasteiger partial charge is 0.255 e. The van der Waals surface area contributed by atoms with Crippen molar-refractivity contribution in [3.8, 4) is 0 Å². The Morgan fingerprint density at radius 1 is 1.06 bits per heavy atom. The van der Waals surface area contributed by atoms with E-state index in [0.29, 0.717) is 10.6 Å². The number of carbonyl (C=O) groups excluding carboxylic acids is 1. The number of halogens is 3. The highest BCUT2D eigenvalue weighted by molar-refractivity contribution is 6.31. The van der Waals surface area contributed by atoms with Crippen molar-refractivity contribution >= 4 is 23.2 Å². The summed E-state index contributed by atoms with van der Waals surface area (Å²) in [7, 11) is 0. The average molecular weight is 268 g/mol. The van der Waals surface area contributed by atoms with Crippen LogP contribution in [0.15, 0.2) is 42.5 Å². The van der Waals surface area contributed by atoms with Crippen LogP contribution in [-0.2, 0) is 0 Å². The van der Waals surface area contributed by atoms with E-state index in [2.05, 4.69) is 5.32 Å². The summed E-state index contributed by atoms with van der Waals surface area (Å²) in [4.78, 5) is 11.8. The van der Waals surface area contributed by atoms with Crippen LogP contribution in [0, 0.1) is 11.6 Å². The Morgan fingerprint density at radius 2 is 1.72 bits per heavy atom. The van der Waals surface area contributed by atoms with Crippen LogP contribution >= 0.6 is 11.6 Å². The monoisotopic (exact) mass is 267 g/mol. The fourth-order valence-corrected chi connectivity index (χ4v) is 1.65. The Bertz CT molecular complexity index is 581. The van der Waals surface area contributed by atoms with Crippen LogP contribution in [0.25, 0.3) is 0 Å². The lowest BCUT2D eigenvalue weighted by atomic mass is 10.2. The zero-order valence-electron chi connectivity index (χ0n) is 9.08. The van der Waals surface area contributed by atoms with E-state index in [-0.39, 0.29) is 5.69 Å². The highest BCUT2D eigenvalue weighted by Crippen LogP contribution is 2.16. The van der Waals surface area contributed by atoms with Crippen LogP contribution in [-0.4, -0.2) is 5.91 Å². The molecule has 18 heavy (non-hydrogen) atoms. The molecule has 5 heteroatoms. The van der Waals surface area contributed by atoms with Gasteiger partial charge in [-0.15, -0.1) is 0 Å². The van der Waals surface area contributed by atoms with E-state index in [9.17, 15) is 13.6 Å². The third kappa shape index (κ3) is 3.05. The van der Waals surface area contributed by atoms with Gasteiger partial charge in [0.1, 0.15) is 11.6 Å². The van der Waals surface area contributed by atoms with Crippen molar-refractivity contribution in [1.82, 2.24) is 0 Å². The topological polar surface area (TPSA) is 29.1 Å². The van der Waals surface area contributed by atoms with E-state index in [4.69, 9.17) is 11.6 Å². The molecule has 2 aromatic rings. The molecule has 2 aromatic carbocycles. The molecule has 0 aromatic heterocycles. The predicted octanol–water partition coefficient (Wildman–Crippen LogP) is 3.87. The molecule has 0 unspecified atom stereocenters. The molecule has 1 N–H and O–H groups in total. The van der Waals surface area contributed by atoms with Crippen molar-refractivity contribution in [2.24, 2.45) is 0 Å². The van der Waals surface area contributed by atoms with E-state index in [0.717, 1.165) is 18.2 Å². The van der Waals surface area contributed by atoms with Gasteiger partial charge in [-0.25, -0.2) is 8.78 Å². The quantitative estimate of drug-likeness (QED) is 0.879. The first-order valence-corrected chi connectivity index (χ1v) is 5.45. The summed E-state index contributed by atoms with van der Waals surface area (Å²) in [6.07, 6.45) is 0. The van der Waals surface area contributed by atoms with Gasteiger partial charge in [0, 0.05) is 22.3 Å². The third-order valence-electron chi connectivity index (χ3n) is 2.21. The third-order valence-corrected chi connectivity index (χ3v) is 2.44. The summed E-state index contributed by atoms with van der Waals surface area (Å²) in [5, 5.41) is 2.80. The molecule has 92 valence electrons. The van der Waals surface area contributed by atoms with Crippen LogP contribution in [0.4, 0.5) is 14.5 Å². The molecule has 0 atom stereocenters. The molecule has 0 aliphatic rings. The highest BCUT2D eigenvalue weighted by atomic mass is 35.5. The van der Waals surface area contributed by atoms with Gasteiger partial charge >= 0.3 is 0 Å². The fourth-order valence-electron chi connectivity index (χ4n) is 1.46. The van der Waals surface area contributed by atoms with Crippen molar-refractivity contribution in [3.05, 3.63) is 64.7 Å². The van der Waals surface area contributed by atoms with Crippen molar-refractivity contribution in [2.75, 3.05) is 5.32 Å². The van der Waals surface area contributed by atoms with Gasteiger partial charge in [-0.05, 0) is 30.3 Å². The first-order chi connectivity index (χ1) is 8.54. The minimum absolute atomic E-state index is 0.0532. The highest BCUT2D eigenvalue weighted by Gasteiger charge is 2.08. The largest absolute Gasteiger partial charge is 0.322 e. The maximum Gasteiger partial charge on any atom is 0.255 e. The molecule has 0 aliphatic carbocycles. The van der Waals surface area contributed by atoms with Crippen LogP contribution in [0.1, 0.15) is 10.4 Å². The molecular formula is C13H8ClF2NO. The van der Waals surface area contributed by atoms with Gasteiger partial charge in [0.25, 0.3) is 5.91 Å². The van der Waals surface area contributed by atoms with Gasteiger partial charge in [0.05, 0.1) is 0 Å². The SMILES string of the molecule is O=C(Nc1cc(F)cc(F)c1)c1cccc(Cl)c1. The Labute approximate surface area is 107 Å². The number of nitrogens with one attached hydrogen (secondary N) is 1. The van der Waals surface area contributed by atoms with Crippen LogP contribution < -0.4 is 5.32 Å². The number of hydrogen-bond acceptors (Lipinski definition) is 1. The van der Waals surface area contributed by atoms with E-state index in [1.807, 2.05) is 0 Å². The number of hydrogen-bond donors (Lipinski definition) is 1. The fraction of sp³-hybridized carbons (Fsp3) is 0. The summed E-state index contributed by atoms with van der Waals surface area (Å²) in [5.74, 6) is -1.99. The lowest BCUT2D eigenvalue weighted by Crippen LogP contribution is -2.12. The van der Waals surface area contributed by atoms with E-state index < -0.39 is 17.5 Å². The van der Waals surface area contributed by atoms with Crippen molar-refractivity contribution in [2.45, 2.75) is 0 Å². The Kier molecular flexibility index (Phi) is 3.58. The molecule has 0 saturated carbocycles. The lowest BCUT2D eigenvalue weighted by molar-refractivity contribution is 0.102. The summed E-state index contributed by atoms with van der Waals surface area (Å²) >= 11 is 5.74. The van der Waals surface area contributed by atoms with Gasteiger partial charge in [0.15, 0.2) is 0 Å². The Morgan fingerprint density at radius 3 is 2.33 bits per heavy atom. The molecule has 0 radical (unpaired) electrons. The Balaban J connectivity index is 2.21. The summed E-state index contributed by atoms with van der Waals surface area (Å²) in [6.45, 7) is 0. The molecule has 2 rings (SSSR count). The van der Waals surface area contributed by atoms with Gasteiger partial charge in [-0.1, -0.05) is 17.7 Å². The van der Waals surface area contributed by atoms with Crippen molar-refractivity contribution in [3.63, 3.8) is 0 Å². The van der Waals surface area contributed by atoms with Crippen molar-refractivity contribution in [1.29, 1.82) is 0 Å². The van der Waals surface area contributed by atoms with Gasteiger partial charge in [0.2, 0.25) is 0 Å². The second-order valence-electron chi connectivity index (χ2n) is 3.62. The second-order valence-corrected chi connectivity index (χ2v) is 4.06. The zero-order chi connectivity index (χ0) is 13.1. The van der Waals surface area contributed by atoms with E-state index in [1.54, 1.807) is 18.2 Å². The standard InChI is InChI=1S/C13H8ClF2NO/c14-9-3-1-2-8(4-9)13(18)17-12-6-10(15)5-11(16)7-12/h1-7H,(H,17,18). The van der Waals surface area contributed by atoms with E-state index >= 15 is 0 Å². The number of amides is 1. The predicted molar refractivity (Wildman–Crippen MR) is 65.8 cm³/mol. The molecule has 0 heterocycles. The molecule has 0 saturated heterocycles. The average Bonchev–Trinajstić information content (AvgIpc) is 2.27. The van der Waals surface area contributed by atoms with Gasteiger partial charge in [-0.2, -0.15) is 0 Å². The number of carbonyl (C=O) groups is 1. The first kappa shape index (κ1) is 12.5. The second kappa shape index (κ2) is 5.14. The van der Waals surface area contributed by atoms with Gasteiger partial charge in [-0.3, -0.25) is 4.79 Å². The zero-order valence-corrected chi connectivity index (χ0v) is 9.84. The molecule has 0 bridgehead atoms. The first-order valence-electron chi connectivity index (χ1n) is 5.07. The minimum atomic E-state index is -0.753. The number of anilines is 1. The minimum Gasteiger partial charge on any atom is -0.322 e. The number of benzene rings is 2. The maximum atomic E-state index is 12.9. The molecule has 0 fully saturated rings. The van der Waals surface area contributed by atoms with E-state index in [1.165, 1.54) is 6.07 Å². The molecule has 1 amide bonds.